The van der Waals surface area contributed by atoms with E-state index in [9.17, 15) is 0 Å². The zero-order valence-corrected chi connectivity index (χ0v) is 16.3. The number of para-hydroxylation sites is 1. The minimum Gasteiger partial charge on any atom is -0.327 e. The Morgan fingerprint density at radius 3 is 2.11 bits per heavy atom. The summed E-state index contributed by atoms with van der Waals surface area (Å²) in [5, 5.41) is 1.13. The lowest BCUT2D eigenvalue weighted by atomic mass is 10.0. The molecule has 2 heterocycles. The summed E-state index contributed by atoms with van der Waals surface area (Å²) in [5.74, 6) is 0. The van der Waals surface area contributed by atoms with Crippen LogP contribution in [0.5, 0.6) is 0 Å². The molecule has 3 nitrogen and oxygen atoms in total. The van der Waals surface area contributed by atoms with Gasteiger partial charge in [0.25, 0.3) is 0 Å². The molecule has 27 heavy (non-hydrogen) atoms. The standard InChI is InChI=1S/C23H16BrN3/c1-27-19-10-6-5-9-18(19)22-23(27)26-21(16-11-13-17(24)14-12-16)20(25-22)15-7-3-2-4-8-15/h2-14H,1H3. The van der Waals surface area contributed by atoms with E-state index in [2.05, 4.69) is 63.0 Å². The maximum atomic E-state index is 5.10. The molecule has 0 radical (unpaired) electrons. The predicted molar refractivity (Wildman–Crippen MR) is 115 cm³/mol. The second-order valence-electron chi connectivity index (χ2n) is 6.54. The number of nitrogens with zero attached hydrogens (tertiary/aromatic N) is 3. The van der Waals surface area contributed by atoms with E-state index in [0.717, 1.165) is 49.1 Å². The van der Waals surface area contributed by atoms with Gasteiger partial charge in [-0.05, 0) is 18.2 Å². The average molecular weight is 414 g/mol. The van der Waals surface area contributed by atoms with Crippen molar-refractivity contribution in [3.05, 3.63) is 83.3 Å². The monoisotopic (exact) mass is 413 g/mol. The van der Waals surface area contributed by atoms with Crippen molar-refractivity contribution >= 4 is 38.0 Å². The van der Waals surface area contributed by atoms with Crippen LogP contribution in [0.25, 0.3) is 44.6 Å². The molecular weight excluding hydrogens is 398 g/mol. The number of rotatable bonds is 2. The zero-order chi connectivity index (χ0) is 18.4. The smallest absolute Gasteiger partial charge is 0.160 e. The first-order valence-corrected chi connectivity index (χ1v) is 9.58. The Morgan fingerprint density at radius 2 is 1.33 bits per heavy atom. The van der Waals surface area contributed by atoms with Crippen molar-refractivity contribution in [1.82, 2.24) is 14.5 Å². The maximum Gasteiger partial charge on any atom is 0.160 e. The summed E-state index contributed by atoms with van der Waals surface area (Å²) < 4.78 is 3.17. The van der Waals surface area contributed by atoms with Crippen LogP contribution in [0.15, 0.2) is 83.3 Å². The molecule has 0 aliphatic heterocycles. The van der Waals surface area contributed by atoms with Crippen LogP contribution in [0, 0.1) is 0 Å². The van der Waals surface area contributed by atoms with Gasteiger partial charge in [-0.3, -0.25) is 0 Å². The Hall–Kier alpha value is -2.98. The molecule has 2 aromatic heterocycles. The highest BCUT2D eigenvalue weighted by Crippen LogP contribution is 2.34. The molecule has 0 bridgehead atoms. The SMILES string of the molecule is Cn1c2ccccc2c2nc(-c3ccccc3)c(-c3ccc(Br)cc3)nc21. The predicted octanol–water partition coefficient (Wildman–Crippen LogP) is 6.22. The fourth-order valence-corrected chi connectivity index (χ4v) is 3.79. The molecule has 0 fully saturated rings. The number of benzene rings is 3. The number of hydrogen-bond donors (Lipinski definition) is 0. The quantitative estimate of drug-likeness (QED) is 0.344. The zero-order valence-electron chi connectivity index (χ0n) is 14.7. The summed E-state index contributed by atoms with van der Waals surface area (Å²) in [6.45, 7) is 0. The van der Waals surface area contributed by atoms with Crippen LogP contribution in [0.3, 0.4) is 0 Å². The first-order chi connectivity index (χ1) is 13.2. The highest BCUT2D eigenvalue weighted by molar-refractivity contribution is 9.10. The van der Waals surface area contributed by atoms with Crippen molar-refractivity contribution < 1.29 is 0 Å². The van der Waals surface area contributed by atoms with Gasteiger partial charge in [0.1, 0.15) is 5.52 Å². The van der Waals surface area contributed by atoms with E-state index in [0.29, 0.717) is 0 Å². The molecule has 0 aliphatic carbocycles. The number of aromatic nitrogens is 3. The van der Waals surface area contributed by atoms with Crippen molar-refractivity contribution in [2.24, 2.45) is 7.05 Å². The van der Waals surface area contributed by atoms with E-state index in [1.807, 2.05) is 43.4 Å². The molecule has 0 N–H and O–H groups in total. The van der Waals surface area contributed by atoms with Crippen molar-refractivity contribution in [2.75, 3.05) is 0 Å². The minimum absolute atomic E-state index is 0.895. The molecule has 0 saturated carbocycles. The molecule has 3 aromatic carbocycles. The summed E-state index contributed by atoms with van der Waals surface area (Å²) >= 11 is 3.52. The highest BCUT2D eigenvalue weighted by Gasteiger charge is 2.17. The first kappa shape index (κ1) is 16.2. The Balaban J connectivity index is 1.90. The molecule has 0 saturated heterocycles. The minimum atomic E-state index is 0.895. The van der Waals surface area contributed by atoms with Crippen molar-refractivity contribution in [2.45, 2.75) is 0 Å². The van der Waals surface area contributed by atoms with E-state index in [1.54, 1.807) is 0 Å². The van der Waals surface area contributed by atoms with Crippen LogP contribution >= 0.6 is 15.9 Å². The van der Waals surface area contributed by atoms with E-state index in [4.69, 9.17) is 9.97 Å². The van der Waals surface area contributed by atoms with Gasteiger partial charge < -0.3 is 4.57 Å². The van der Waals surface area contributed by atoms with Crippen LogP contribution < -0.4 is 0 Å². The van der Waals surface area contributed by atoms with Gasteiger partial charge in [0, 0.05) is 28.0 Å². The average Bonchev–Trinajstić information content (AvgIpc) is 3.00. The lowest BCUT2D eigenvalue weighted by molar-refractivity contribution is 0.987. The third kappa shape index (κ3) is 2.64. The molecule has 5 aromatic rings. The van der Waals surface area contributed by atoms with Gasteiger partial charge in [-0.2, -0.15) is 0 Å². The van der Waals surface area contributed by atoms with E-state index < -0.39 is 0 Å². The van der Waals surface area contributed by atoms with Crippen LogP contribution in [0.2, 0.25) is 0 Å². The van der Waals surface area contributed by atoms with Crippen LogP contribution in [0.4, 0.5) is 0 Å². The molecule has 0 amide bonds. The summed E-state index contributed by atoms with van der Waals surface area (Å²) in [7, 11) is 2.05. The highest BCUT2D eigenvalue weighted by atomic mass is 79.9. The van der Waals surface area contributed by atoms with Gasteiger partial charge in [-0.1, -0.05) is 76.6 Å². The summed E-state index contributed by atoms with van der Waals surface area (Å²) in [6.07, 6.45) is 0. The number of aryl methyl sites for hydroxylation is 1. The van der Waals surface area contributed by atoms with Crippen molar-refractivity contribution in [3.8, 4) is 22.5 Å². The molecule has 0 unspecified atom stereocenters. The normalized spacial score (nSPS) is 11.3. The molecular formula is C23H16BrN3. The molecule has 4 heteroatoms. The Bertz CT molecular complexity index is 1270. The van der Waals surface area contributed by atoms with E-state index in [1.165, 1.54) is 0 Å². The number of fused-ring (bicyclic) bond motifs is 3. The van der Waals surface area contributed by atoms with Crippen molar-refractivity contribution in [1.29, 1.82) is 0 Å². The second-order valence-corrected chi connectivity index (χ2v) is 7.46. The van der Waals surface area contributed by atoms with E-state index >= 15 is 0 Å². The van der Waals surface area contributed by atoms with Crippen LogP contribution in [-0.2, 0) is 7.05 Å². The first-order valence-electron chi connectivity index (χ1n) is 8.79. The van der Waals surface area contributed by atoms with Gasteiger partial charge in [0.15, 0.2) is 5.65 Å². The van der Waals surface area contributed by atoms with E-state index in [-0.39, 0.29) is 0 Å². The Kier molecular flexibility index (Phi) is 3.80. The van der Waals surface area contributed by atoms with Gasteiger partial charge in [0.2, 0.25) is 0 Å². The summed E-state index contributed by atoms with van der Waals surface area (Å²) in [5.41, 5.74) is 6.89. The van der Waals surface area contributed by atoms with Crippen molar-refractivity contribution in [3.63, 3.8) is 0 Å². The molecule has 130 valence electrons. The fraction of sp³-hybridized carbons (Fsp3) is 0.0435. The van der Waals surface area contributed by atoms with Crippen LogP contribution in [0.1, 0.15) is 0 Å². The van der Waals surface area contributed by atoms with Gasteiger partial charge in [-0.15, -0.1) is 0 Å². The largest absolute Gasteiger partial charge is 0.327 e. The maximum absolute atomic E-state index is 5.10. The Labute approximate surface area is 165 Å². The summed E-state index contributed by atoms with van der Waals surface area (Å²) in [6, 6.07) is 26.8. The van der Waals surface area contributed by atoms with Crippen LogP contribution in [-0.4, -0.2) is 14.5 Å². The van der Waals surface area contributed by atoms with Gasteiger partial charge >= 0.3 is 0 Å². The number of hydrogen-bond acceptors (Lipinski definition) is 2. The topological polar surface area (TPSA) is 30.7 Å². The fourth-order valence-electron chi connectivity index (χ4n) is 3.53. The third-order valence-electron chi connectivity index (χ3n) is 4.88. The Morgan fingerprint density at radius 1 is 0.704 bits per heavy atom. The second kappa shape index (κ2) is 6.32. The lowest BCUT2D eigenvalue weighted by Crippen LogP contribution is -1.97. The summed E-state index contributed by atoms with van der Waals surface area (Å²) in [4.78, 5) is 10.2. The molecule has 0 spiro atoms. The lowest BCUT2D eigenvalue weighted by Gasteiger charge is -2.10. The van der Waals surface area contributed by atoms with Gasteiger partial charge in [0.05, 0.1) is 16.9 Å². The molecule has 0 atom stereocenters. The van der Waals surface area contributed by atoms with Gasteiger partial charge in [-0.25, -0.2) is 9.97 Å². The molecule has 0 aliphatic rings. The number of halogens is 1. The molecule has 5 rings (SSSR count). The third-order valence-corrected chi connectivity index (χ3v) is 5.41.